The van der Waals surface area contributed by atoms with Crippen LogP contribution < -0.4 is 10.6 Å². The van der Waals surface area contributed by atoms with Gasteiger partial charge in [-0.3, -0.25) is 0 Å². The molecule has 0 saturated carbocycles. The van der Waals surface area contributed by atoms with Gasteiger partial charge in [0.1, 0.15) is 5.82 Å². The second-order valence-corrected chi connectivity index (χ2v) is 5.69. The normalized spacial score (nSPS) is 16.2. The van der Waals surface area contributed by atoms with Crippen molar-refractivity contribution >= 4 is 5.69 Å². The molecule has 3 heteroatoms. The van der Waals surface area contributed by atoms with Gasteiger partial charge < -0.3 is 10.6 Å². The van der Waals surface area contributed by atoms with Gasteiger partial charge in [-0.1, -0.05) is 30.3 Å². The molecular weight excluding hydrogens is 263 g/mol. The van der Waals surface area contributed by atoms with Gasteiger partial charge in [0.05, 0.1) is 0 Å². The van der Waals surface area contributed by atoms with E-state index < -0.39 is 0 Å². The smallest absolute Gasteiger partial charge is 0.123 e. The van der Waals surface area contributed by atoms with E-state index in [4.69, 9.17) is 5.73 Å². The molecule has 1 unspecified atom stereocenters. The van der Waals surface area contributed by atoms with Crippen LogP contribution in [-0.2, 0) is 6.42 Å². The Hall–Kier alpha value is -1.87. The van der Waals surface area contributed by atoms with Gasteiger partial charge in [-0.15, -0.1) is 0 Å². The molecule has 2 N–H and O–H groups in total. The molecule has 2 nitrogen and oxygen atoms in total. The molecule has 0 amide bonds. The first-order valence-electron chi connectivity index (χ1n) is 7.58. The van der Waals surface area contributed by atoms with Crippen molar-refractivity contribution in [3.63, 3.8) is 0 Å². The molecule has 0 saturated heterocycles. The minimum absolute atomic E-state index is 0.174. The van der Waals surface area contributed by atoms with Crippen LogP contribution in [0.4, 0.5) is 10.1 Å². The third-order valence-corrected chi connectivity index (χ3v) is 4.15. The fraction of sp³-hybridized carbons (Fsp3) is 0.333. The van der Waals surface area contributed by atoms with Gasteiger partial charge in [-0.25, -0.2) is 4.39 Å². The molecule has 0 fully saturated rings. The SMILES string of the molecule is NC(CN1CCCCc2ccccc21)c1cccc(F)c1. The van der Waals surface area contributed by atoms with Crippen LogP contribution in [0.15, 0.2) is 48.5 Å². The zero-order valence-corrected chi connectivity index (χ0v) is 12.1. The Kier molecular flexibility index (Phi) is 4.20. The zero-order valence-electron chi connectivity index (χ0n) is 12.1. The predicted molar refractivity (Wildman–Crippen MR) is 84.9 cm³/mol. The van der Waals surface area contributed by atoms with Crippen LogP contribution in [0, 0.1) is 5.82 Å². The number of para-hydroxylation sites is 1. The number of rotatable bonds is 3. The standard InChI is InChI=1S/C18H21FN2/c19-16-9-5-8-15(12-16)17(20)13-21-11-4-3-7-14-6-1-2-10-18(14)21/h1-2,5-6,8-10,12,17H,3-4,7,11,13,20H2. The quantitative estimate of drug-likeness (QED) is 0.932. The van der Waals surface area contributed by atoms with Gasteiger partial charge in [0.25, 0.3) is 0 Å². The van der Waals surface area contributed by atoms with Crippen molar-refractivity contribution in [2.24, 2.45) is 5.73 Å². The molecule has 0 bridgehead atoms. The van der Waals surface area contributed by atoms with Crippen molar-refractivity contribution in [3.8, 4) is 0 Å². The lowest BCUT2D eigenvalue weighted by molar-refractivity contribution is 0.612. The molecule has 1 atom stereocenters. The first-order chi connectivity index (χ1) is 10.2. The predicted octanol–water partition coefficient (Wildman–Crippen LogP) is 3.67. The van der Waals surface area contributed by atoms with Gasteiger partial charge in [0, 0.05) is 24.8 Å². The Bertz CT molecular complexity index is 612. The highest BCUT2D eigenvalue weighted by atomic mass is 19.1. The summed E-state index contributed by atoms with van der Waals surface area (Å²) in [6, 6.07) is 15.0. The number of halogens is 1. The Labute approximate surface area is 125 Å². The van der Waals surface area contributed by atoms with E-state index >= 15 is 0 Å². The summed E-state index contributed by atoms with van der Waals surface area (Å²) in [6.07, 6.45) is 3.51. The van der Waals surface area contributed by atoms with Crippen molar-refractivity contribution in [2.45, 2.75) is 25.3 Å². The van der Waals surface area contributed by atoms with Crippen LogP contribution in [0.25, 0.3) is 0 Å². The summed E-state index contributed by atoms with van der Waals surface area (Å²) in [6.45, 7) is 1.74. The maximum atomic E-state index is 13.3. The molecule has 2 aromatic carbocycles. The van der Waals surface area contributed by atoms with Gasteiger partial charge in [-0.2, -0.15) is 0 Å². The Morgan fingerprint density at radius 3 is 2.81 bits per heavy atom. The molecule has 21 heavy (non-hydrogen) atoms. The minimum Gasteiger partial charge on any atom is -0.369 e. The second kappa shape index (κ2) is 6.27. The number of nitrogens with two attached hydrogens (primary N) is 1. The molecule has 0 aromatic heterocycles. The zero-order chi connectivity index (χ0) is 14.7. The van der Waals surface area contributed by atoms with E-state index in [-0.39, 0.29) is 11.9 Å². The summed E-state index contributed by atoms with van der Waals surface area (Å²) in [5.74, 6) is -0.223. The van der Waals surface area contributed by atoms with E-state index in [1.165, 1.54) is 36.2 Å². The molecule has 110 valence electrons. The fourth-order valence-electron chi connectivity index (χ4n) is 3.04. The largest absolute Gasteiger partial charge is 0.369 e. The van der Waals surface area contributed by atoms with E-state index in [1.807, 2.05) is 6.07 Å². The molecule has 3 rings (SSSR count). The lowest BCUT2D eigenvalue weighted by Crippen LogP contribution is -2.33. The monoisotopic (exact) mass is 284 g/mol. The highest BCUT2D eigenvalue weighted by Crippen LogP contribution is 2.27. The molecule has 0 aliphatic carbocycles. The van der Waals surface area contributed by atoms with E-state index in [9.17, 15) is 4.39 Å². The Balaban J connectivity index is 1.81. The lowest BCUT2D eigenvalue weighted by atomic mass is 10.1. The lowest BCUT2D eigenvalue weighted by Gasteiger charge is -2.28. The minimum atomic E-state index is -0.223. The third kappa shape index (κ3) is 3.24. The third-order valence-electron chi connectivity index (χ3n) is 4.15. The second-order valence-electron chi connectivity index (χ2n) is 5.69. The van der Waals surface area contributed by atoms with Crippen LogP contribution in [0.2, 0.25) is 0 Å². The maximum absolute atomic E-state index is 13.3. The van der Waals surface area contributed by atoms with Crippen molar-refractivity contribution in [1.29, 1.82) is 0 Å². The fourth-order valence-corrected chi connectivity index (χ4v) is 3.04. The number of fused-ring (bicyclic) bond motifs is 1. The molecule has 0 spiro atoms. The van der Waals surface area contributed by atoms with Crippen LogP contribution in [0.5, 0.6) is 0 Å². The summed E-state index contributed by atoms with van der Waals surface area (Å²) >= 11 is 0. The first-order valence-corrected chi connectivity index (χ1v) is 7.58. The van der Waals surface area contributed by atoms with Crippen LogP contribution in [0.1, 0.15) is 30.0 Å². The first kappa shape index (κ1) is 14.1. The maximum Gasteiger partial charge on any atom is 0.123 e. The summed E-state index contributed by atoms with van der Waals surface area (Å²) in [5.41, 5.74) is 9.82. The van der Waals surface area contributed by atoms with Crippen molar-refractivity contribution < 1.29 is 4.39 Å². The Morgan fingerprint density at radius 2 is 1.95 bits per heavy atom. The number of nitrogens with zero attached hydrogens (tertiary/aromatic N) is 1. The molecule has 0 radical (unpaired) electrons. The van der Waals surface area contributed by atoms with Gasteiger partial charge in [-0.05, 0) is 48.6 Å². The van der Waals surface area contributed by atoms with Crippen molar-refractivity contribution in [1.82, 2.24) is 0 Å². The molecule has 2 aromatic rings. The van der Waals surface area contributed by atoms with Crippen LogP contribution in [-0.4, -0.2) is 13.1 Å². The van der Waals surface area contributed by atoms with Crippen molar-refractivity contribution in [3.05, 3.63) is 65.5 Å². The number of hydrogen-bond acceptors (Lipinski definition) is 2. The number of aryl methyl sites for hydroxylation is 1. The van der Waals surface area contributed by atoms with E-state index in [2.05, 4.69) is 29.2 Å². The number of anilines is 1. The highest BCUT2D eigenvalue weighted by Gasteiger charge is 2.18. The molecule has 1 aliphatic rings. The summed E-state index contributed by atoms with van der Waals surface area (Å²) in [4.78, 5) is 2.35. The van der Waals surface area contributed by atoms with E-state index in [1.54, 1.807) is 6.07 Å². The number of hydrogen-bond donors (Lipinski definition) is 1. The van der Waals surface area contributed by atoms with Crippen LogP contribution >= 0.6 is 0 Å². The molecule has 1 heterocycles. The summed E-state index contributed by atoms with van der Waals surface area (Å²) < 4.78 is 13.3. The summed E-state index contributed by atoms with van der Waals surface area (Å²) in [5, 5.41) is 0. The highest BCUT2D eigenvalue weighted by molar-refractivity contribution is 5.54. The van der Waals surface area contributed by atoms with Gasteiger partial charge in [0.15, 0.2) is 0 Å². The van der Waals surface area contributed by atoms with Crippen LogP contribution in [0.3, 0.4) is 0 Å². The van der Waals surface area contributed by atoms with E-state index in [0.717, 1.165) is 25.1 Å². The number of benzene rings is 2. The van der Waals surface area contributed by atoms with Gasteiger partial charge >= 0.3 is 0 Å². The molecular formula is C18H21FN2. The summed E-state index contributed by atoms with van der Waals surface area (Å²) in [7, 11) is 0. The van der Waals surface area contributed by atoms with Gasteiger partial charge in [0.2, 0.25) is 0 Å². The Morgan fingerprint density at radius 1 is 1.10 bits per heavy atom. The average Bonchev–Trinajstić information content (AvgIpc) is 2.70. The van der Waals surface area contributed by atoms with Crippen molar-refractivity contribution in [2.75, 3.05) is 18.0 Å². The van der Waals surface area contributed by atoms with E-state index in [0.29, 0.717) is 0 Å². The average molecular weight is 284 g/mol. The topological polar surface area (TPSA) is 29.3 Å². The molecule has 1 aliphatic heterocycles.